The predicted molar refractivity (Wildman–Crippen MR) is 51.7 cm³/mol. The van der Waals surface area contributed by atoms with Crippen molar-refractivity contribution in [1.29, 1.82) is 0 Å². The number of hydrogen-bond donors (Lipinski definition) is 1. The Kier molecular flexibility index (Phi) is 2.66. The van der Waals surface area contributed by atoms with Crippen LogP contribution in [0.2, 0.25) is 5.02 Å². The fourth-order valence-electron chi connectivity index (χ4n) is 1.21. The number of aromatic nitrogens is 2. The van der Waals surface area contributed by atoms with E-state index >= 15 is 0 Å². The highest BCUT2D eigenvalue weighted by atomic mass is 35.5. The maximum Gasteiger partial charge on any atom is 0.213 e. The first-order chi connectivity index (χ1) is 7.18. The number of nitrogens with two attached hydrogens (primary N) is 1. The lowest BCUT2D eigenvalue weighted by Crippen LogP contribution is -2.14. The molecule has 0 bridgehead atoms. The number of hydrogen-bond acceptors (Lipinski definition) is 4. The molecule has 4 nitrogen and oxygen atoms in total. The number of halogens is 2. The van der Waals surface area contributed by atoms with Gasteiger partial charge < -0.3 is 10.3 Å². The zero-order valence-electron chi connectivity index (χ0n) is 7.52. The molecular formula is C9H7ClFN3O. The standard InChI is InChI=1S/C9H7ClFN3O/c10-7-3-5(11)1-2-6(7)8(12)9-13-4-15-14-9/h1-4,8H,12H2. The van der Waals surface area contributed by atoms with Crippen LogP contribution in [0, 0.1) is 5.82 Å². The largest absolute Gasteiger partial charge is 0.343 e. The van der Waals surface area contributed by atoms with Gasteiger partial charge in [0.15, 0.2) is 5.82 Å². The second-order valence-electron chi connectivity index (χ2n) is 2.93. The van der Waals surface area contributed by atoms with Crippen LogP contribution in [0.25, 0.3) is 0 Å². The van der Waals surface area contributed by atoms with E-state index in [0.717, 1.165) is 0 Å². The van der Waals surface area contributed by atoms with Crippen LogP contribution in [0.15, 0.2) is 29.1 Å². The Bertz CT molecular complexity index is 460. The Hall–Kier alpha value is -1.46. The van der Waals surface area contributed by atoms with Crippen molar-refractivity contribution >= 4 is 11.6 Å². The van der Waals surface area contributed by atoms with E-state index in [-0.39, 0.29) is 5.02 Å². The SMILES string of the molecule is NC(c1ncon1)c1ccc(F)cc1Cl. The van der Waals surface area contributed by atoms with Crippen LogP contribution < -0.4 is 5.73 Å². The summed E-state index contributed by atoms with van der Waals surface area (Å²) in [6.07, 6.45) is 1.17. The monoisotopic (exact) mass is 227 g/mol. The lowest BCUT2D eigenvalue weighted by Gasteiger charge is -2.09. The van der Waals surface area contributed by atoms with E-state index in [1.807, 2.05) is 0 Å². The molecule has 0 saturated carbocycles. The van der Waals surface area contributed by atoms with Gasteiger partial charge in [-0.25, -0.2) is 4.39 Å². The molecule has 0 amide bonds. The topological polar surface area (TPSA) is 64.9 Å². The summed E-state index contributed by atoms with van der Waals surface area (Å²) in [6, 6.07) is 3.35. The van der Waals surface area contributed by atoms with Gasteiger partial charge in [0.05, 0.1) is 6.04 Å². The molecule has 2 aromatic rings. The molecule has 2 N–H and O–H groups in total. The van der Waals surface area contributed by atoms with Gasteiger partial charge in [-0.2, -0.15) is 4.98 Å². The molecule has 1 aromatic carbocycles. The van der Waals surface area contributed by atoms with Crippen molar-refractivity contribution in [3.8, 4) is 0 Å². The molecule has 0 radical (unpaired) electrons. The summed E-state index contributed by atoms with van der Waals surface area (Å²) in [5.74, 6) is -0.104. The van der Waals surface area contributed by atoms with Crippen LogP contribution in [0.1, 0.15) is 17.4 Å². The van der Waals surface area contributed by atoms with Crippen LogP contribution in [0.3, 0.4) is 0 Å². The number of rotatable bonds is 2. The van der Waals surface area contributed by atoms with Crippen molar-refractivity contribution in [2.24, 2.45) is 5.73 Å². The van der Waals surface area contributed by atoms with Crippen LogP contribution >= 0.6 is 11.6 Å². The van der Waals surface area contributed by atoms with Crippen molar-refractivity contribution in [1.82, 2.24) is 10.1 Å². The normalized spacial score (nSPS) is 12.7. The second-order valence-corrected chi connectivity index (χ2v) is 3.34. The maximum absolute atomic E-state index is 12.8. The van der Waals surface area contributed by atoms with Gasteiger partial charge in [0.2, 0.25) is 6.39 Å². The van der Waals surface area contributed by atoms with Gasteiger partial charge in [-0.1, -0.05) is 22.8 Å². The van der Waals surface area contributed by atoms with Crippen LogP contribution in [0.5, 0.6) is 0 Å². The minimum atomic E-state index is -0.614. The molecule has 1 aromatic heterocycles. The quantitative estimate of drug-likeness (QED) is 0.851. The lowest BCUT2D eigenvalue weighted by atomic mass is 10.1. The molecule has 0 aliphatic rings. The van der Waals surface area contributed by atoms with E-state index in [4.69, 9.17) is 17.3 Å². The van der Waals surface area contributed by atoms with Gasteiger partial charge >= 0.3 is 0 Å². The summed E-state index contributed by atoms with van der Waals surface area (Å²) >= 11 is 5.84. The number of nitrogens with zero attached hydrogens (tertiary/aromatic N) is 2. The molecule has 1 heterocycles. The average Bonchev–Trinajstić information content (AvgIpc) is 2.69. The van der Waals surface area contributed by atoms with E-state index in [0.29, 0.717) is 11.4 Å². The first-order valence-electron chi connectivity index (χ1n) is 4.15. The second kappa shape index (κ2) is 3.96. The van der Waals surface area contributed by atoms with E-state index in [2.05, 4.69) is 14.7 Å². The van der Waals surface area contributed by atoms with Crippen molar-refractivity contribution in [2.45, 2.75) is 6.04 Å². The third kappa shape index (κ3) is 1.98. The smallest absolute Gasteiger partial charge is 0.213 e. The molecule has 2 rings (SSSR count). The highest BCUT2D eigenvalue weighted by molar-refractivity contribution is 6.31. The molecule has 1 atom stereocenters. The van der Waals surface area contributed by atoms with E-state index in [9.17, 15) is 4.39 Å². The van der Waals surface area contributed by atoms with Gasteiger partial charge in [-0.3, -0.25) is 0 Å². The molecule has 0 spiro atoms. The van der Waals surface area contributed by atoms with E-state index in [1.54, 1.807) is 0 Å². The van der Waals surface area contributed by atoms with Gasteiger partial charge in [0.25, 0.3) is 0 Å². The fraction of sp³-hybridized carbons (Fsp3) is 0.111. The Morgan fingerprint density at radius 2 is 2.27 bits per heavy atom. The highest BCUT2D eigenvalue weighted by Crippen LogP contribution is 2.25. The molecule has 15 heavy (non-hydrogen) atoms. The maximum atomic E-state index is 12.8. The molecular weight excluding hydrogens is 221 g/mol. The Morgan fingerprint density at radius 1 is 1.47 bits per heavy atom. The summed E-state index contributed by atoms with van der Waals surface area (Å²) in [5, 5.41) is 3.84. The van der Waals surface area contributed by atoms with E-state index < -0.39 is 11.9 Å². The van der Waals surface area contributed by atoms with Crippen molar-refractivity contribution in [3.05, 3.63) is 46.8 Å². The molecule has 0 aliphatic carbocycles. The summed E-state index contributed by atoms with van der Waals surface area (Å²) in [7, 11) is 0. The number of benzene rings is 1. The predicted octanol–water partition coefficient (Wildman–Crippen LogP) is 1.91. The zero-order valence-corrected chi connectivity index (χ0v) is 8.28. The molecule has 0 saturated heterocycles. The summed E-state index contributed by atoms with van der Waals surface area (Å²) < 4.78 is 17.3. The van der Waals surface area contributed by atoms with Crippen LogP contribution in [0.4, 0.5) is 4.39 Å². The van der Waals surface area contributed by atoms with Gasteiger partial charge in [-0.15, -0.1) is 0 Å². The zero-order chi connectivity index (χ0) is 10.8. The van der Waals surface area contributed by atoms with Crippen molar-refractivity contribution in [2.75, 3.05) is 0 Å². The first kappa shape index (κ1) is 10.1. The Morgan fingerprint density at radius 3 is 2.87 bits per heavy atom. The summed E-state index contributed by atoms with van der Waals surface area (Å²) in [4.78, 5) is 3.80. The van der Waals surface area contributed by atoms with E-state index in [1.165, 1.54) is 24.6 Å². The molecule has 0 aliphatic heterocycles. The highest BCUT2D eigenvalue weighted by Gasteiger charge is 2.16. The lowest BCUT2D eigenvalue weighted by molar-refractivity contribution is 0.407. The third-order valence-corrected chi connectivity index (χ3v) is 2.28. The molecule has 6 heteroatoms. The summed E-state index contributed by atoms with van der Waals surface area (Å²) in [5.41, 5.74) is 6.37. The summed E-state index contributed by atoms with van der Waals surface area (Å²) in [6.45, 7) is 0. The van der Waals surface area contributed by atoms with Crippen LogP contribution in [-0.4, -0.2) is 10.1 Å². The Labute approximate surface area is 89.8 Å². The first-order valence-corrected chi connectivity index (χ1v) is 4.53. The molecule has 0 fully saturated rings. The van der Waals surface area contributed by atoms with Gasteiger partial charge in [-0.05, 0) is 17.7 Å². The Balaban J connectivity index is 2.38. The van der Waals surface area contributed by atoms with Crippen LogP contribution in [-0.2, 0) is 0 Å². The molecule has 1 unspecified atom stereocenters. The minimum Gasteiger partial charge on any atom is -0.343 e. The minimum absolute atomic E-state index is 0.243. The average molecular weight is 228 g/mol. The van der Waals surface area contributed by atoms with Crippen molar-refractivity contribution in [3.63, 3.8) is 0 Å². The fourth-order valence-corrected chi connectivity index (χ4v) is 1.49. The molecule has 78 valence electrons. The van der Waals surface area contributed by atoms with Gasteiger partial charge in [0, 0.05) is 5.02 Å². The third-order valence-electron chi connectivity index (χ3n) is 1.95. The van der Waals surface area contributed by atoms with Crippen molar-refractivity contribution < 1.29 is 8.91 Å². The van der Waals surface area contributed by atoms with Gasteiger partial charge in [0.1, 0.15) is 5.82 Å².